The van der Waals surface area contributed by atoms with Gasteiger partial charge in [-0.3, -0.25) is 4.79 Å². The highest BCUT2D eigenvalue weighted by Gasteiger charge is 2.32. The fourth-order valence-electron chi connectivity index (χ4n) is 3.56. The highest BCUT2D eigenvalue weighted by atomic mass is 35.5. The van der Waals surface area contributed by atoms with Gasteiger partial charge in [0.15, 0.2) is 0 Å². The first-order chi connectivity index (χ1) is 13.8. The van der Waals surface area contributed by atoms with E-state index in [0.29, 0.717) is 48.1 Å². The van der Waals surface area contributed by atoms with Crippen LogP contribution < -0.4 is 0 Å². The molecule has 0 atom stereocenters. The lowest BCUT2D eigenvalue weighted by molar-refractivity contribution is -0.135. The van der Waals surface area contributed by atoms with Gasteiger partial charge in [0.05, 0.1) is 15.8 Å². The summed E-state index contributed by atoms with van der Waals surface area (Å²) in [5.74, 6) is -0.216. The molecule has 1 fully saturated rings. The Morgan fingerprint density at radius 2 is 1.69 bits per heavy atom. The Labute approximate surface area is 182 Å². The smallest absolute Gasteiger partial charge is 0.225 e. The first-order valence-electron chi connectivity index (χ1n) is 9.47. The molecule has 0 unspecified atom stereocenters. The predicted molar refractivity (Wildman–Crippen MR) is 116 cm³/mol. The lowest BCUT2D eigenvalue weighted by atomic mass is 9.96. The SMILES string of the molecule is CN(Cc1ccccc1)C(=O)C1CCN(S(=O)(=O)Cc2ccc(Cl)c(Cl)c2)CC1. The van der Waals surface area contributed by atoms with Crippen LogP contribution in [0.2, 0.25) is 10.0 Å². The Kier molecular flexibility index (Phi) is 7.22. The van der Waals surface area contributed by atoms with Crippen LogP contribution in [0, 0.1) is 5.92 Å². The van der Waals surface area contributed by atoms with Gasteiger partial charge in [0.1, 0.15) is 0 Å². The fourth-order valence-corrected chi connectivity index (χ4v) is 5.43. The molecule has 156 valence electrons. The third kappa shape index (κ3) is 5.72. The van der Waals surface area contributed by atoms with Crippen LogP contribution in [0.25, 0.3) is 0 Å². The number of carbonyl (C=O) groups is 1. The van der Waals surface area contributed by atoms with E-state index in [1.807, 2.05) is 30.3 Å². The van der Waals surface area contributed by atoms with E-state index in [-0.39, 0.29) is 17.6 Å². The van der Waals surface area contributed by atoms with Crippen molar-refractivity contribution in [2.24, 2.45) is 5.92 Å². The van der Waals surface area contributed by atoms with Gasteiger partial charge < -0.3 is 4.90 Å². The number of halogens is 2. The Bertz CT molecular complexity index is 959. The third-order valence-corrected chi connectivity index (χ3v) is 7.76. The Morgan fingerprint density at radius 3 is 2.31 bits per heavy atom. The summed E-state index contributed by atoms with van der Waals surface area (Å²) in [6.45, 7) is 1.24. The number of benzene rings is 2. The second kappa shape index (κ2) is 9.47. The minimum atomic E-state index is -3.48. The number of hydrogen-bond donors (Lipinski definition) is 0. The van der Waals surface area contributed by atoms with E-state index in [2.05, 4.69) is 0 Å². The monoisotopic (exact) mass is 454 g/mol. The van der Waals surface area contributed by atoms with Crippen LogP contribution in [0.1, 0.15) is 24.0 Å². The minimum Gasteiger partial charge on any atom is -0.341 e. The Hall–Kier alpha value is -1.60. The largest absolute Gasteiger partial charge is 0.341 e. The molecular formula is C21H24Cl2N2O3S. The molecule has 0 radical (unpaired) electrons. The van der Waals surface area contributed by atoms with Crippen molar-refractivity contribution in [1.82, 2.24) is 9.21 Å². The highest BCUT2D eigenvalue weighted by molar-refractivity contribution is 7.88. The van der Waals surface area contributed by atoms with Gasteiger partial charge in [0.2, 0.25) is 15.9 Å². The quantitative estimate of drug-likeness (QED) is 0.656. The van der Waals surface area contributed by atoms with Crippen LogP contribution in [-0.4, -0.2) is 43.7 Å². The standard InChI is InChI=1S/C21H24Cl2N2O3S/c1-24(14-16-5-3-2-4-6-16)21(26)18-9-11-25(12-10-18)29(27,28)15-17-7-8-19(22)20(23)13-17/h2-8,13,18H,9-12,14-15H2,1H3. The number of rotatable bonds is 6. The maximum absolute atomic E-state index is 12.8. The molecule has 0 aliphatic carbocycles. The summed E-state index contributed by atoms with van der Waals surface area (Å²) in [5, 5.41) is 0.733. The van der Waals surface area contributed by atoms with E-state index in [0.717, 1.165) is 5.56 Å². The summed E-state index contributed by atoms with van der Waals surface area (Å²) in [6, 6.07) is 14.7. The zero-order chi connectivity index (χ0) is 21.0. The van der Waals surface area contributed by atoms with E-state index in [1.54, 1.807) is 30.1 Å². The molecular weight excluding hydrogens is 431 g/mol. The van der Waals surface area contributed by atoms with Gasteiger partial charge in [-0.05, 0) is 36.1 Å². The van der Waals surface area contributed by atoms with Crippen molar-refractivity contribution in [3.05, 3.63) is 69.7 Å². The summed E-state index contributed by atoms with van der Waals surface area (Å²) in [7, 11) is -1.68. The van der Waals surface area contributed by atoms with Crippen molar-refractivity contribution >= 4 is 39.1 Å². The maximum atomic E-state index is 12.8. The van der Waals surface area contributed by atoms with Crippen molar-refractivity contribution < 1.29 is 13.2 Å². The van der Waals surface area contributed by atoms with E-state index in [1.165, 1.54) is 4.31 Å². The minimum absolute atomic E-state index is 0.0652. The van der Waals surface area contributed by atoms with E-state index in [4.69, 9.17) is 23.2 Å². The van der Waals surface area contributed by atoms with Crippen molar-refractivity contribution in [2.45, 2.75) is 25.1 Å². The molecule has 1 heterocycles. The molecule has 29 heavy (non-hydrogen) atoms. The van der Waals surface area contributed by atoms with Gasteiger partial charge in [-0.1, -0.05) is 59.6 Å². The van der Waals surface area contributed by atoms with Crippen molar-refractivity contribution in [2.75, 3.05) is 20.1 Å². The molecule has 0 saturated carbocycles. The number of carbonyl (C=O) groups excluding carboxylic acids is 1. The molecule has 0 spiro atoms. The topological polar surface area (TPSA) is 57.7 Å². The number of hydrogen-bond acceptors (Lipinski definition) is 3. The summed E-state index contributed by atoms with van der Waals surface area (Å²) >= 11 is 11.9. The zero-order valence-electron chi connectivity index (χ0n) is 16.2. The number of piperidine rings is 1. The summed E-state index contributed by atoms with van der Waals surface area (Å²) in [5.41, 5.74) is 1.67. The highest BCUT2D eigenvalue weighted by Crippen LogP contribution is 2.26. The summed E-state index contributed by atoms with van der Waals surface area (Å²) in [4.78, 5) is 14.5. The molecule has 3 rings (SSSR count). The van der Waals surface area contributed by atoms with E-state index < -0.39 is 10.0 Å². The van der Waals surface area contributed by atoms with Crippen LogP contribution in [0.3, 0.4) is 0 Å². The number of nitrogens with zero attached hydrogens (tertiary/aromatic N) is 2. The average Bonchev–Trinajstić information content (AvgIpc) is 2.71. The van der Waals surface area contributed by atoms with Crippen LogP contribution >= 0.6 is 23.2 Å². The fraction of sp³-hybridized carbons (Fsp3) is 0.381. The van der Waals surface area contributed by atoms with Crippen LogP contribution in [0.15, 0.2) is 48.5 Å². The van der Waals surface area contributed by atoms with Gasteiger partial charge >= 0.3 is 0 Å². The molecule has 5 nitrogen and oxygen atoms in total. The molecule has 2 aromatic carbocycles. The maximum Gasteiger partial charge on any atom is 0.225 e. The molecule has 2 aromatic rings. The lowest BCUT2D eigenvalue weighted by Crippen LogP contribution is -2.43. The number of sulfonamides is 1. The Morgan fingerprint density at radius 1 is 1.03 bits per heavy atom. The molecule has 1 saturated heterocycles. The molecule has 1 amide bonds. The van der Waals surface area contributed by atoms with Gasteiger partial charge in [0.25, 0.3) is 0 Å². The summed E-state index contributed by atoms with van der Waals surface area (Å²) in [6.07, 6.45) is 1.05. The molecule has 1 aliphatic rings. The van der Waals surface area contributed by atoms with Crippen LogP contribution in [0.4, 0.5) is 0 Å². The van der Waals surface area contributed by atoms with Gasteiger partial charge in [0, 0.05) is 32.6 Å². The van der Waals surface area contributed by atoms with Crippen molar-refractivity contribution in [3.8, 4) is 0 Å². The van der Waals surface area contributed by atoms with Crippen LogP contribution in [0.5, 0.6) is 0 Å². The van der Waals surface area contributed by atoms with Gasteiger partial charge in [-0.25, -0.2) is 12.7 Å². The van der Waals surface area contributed by atoms with Crippen molar-refractivity contribution in [3.63, 3.8) is 0 Å². The van der Waals surface area contributed by atoms with E-state index >= 15 is 0 Å². The van der Waals surface area contributed by atoms with E-state index in [9.17, 15) is 13.2 Å². The molecule has 1 aliphatic heterocycles. The van der Waals surface area contributed by atoms with Crippen molar-refractivity contribution in [1.29, 1.82) is 0 Å². The molecule has 0 N–H and O–H groups in total. The second-order valence-electron chi connectivity index (χ2n) is 7.36. The zero-order valence-corrected chi connectivity index (χ0v) is 18.6. The normalized spacial score (nSPS) is 16.0. The first-order valence-corrected chi connectivity index (χ1v) is 11.8. The number of amides is 1. The van der Waals surface area contributed by atoms with Gasteiger partial charge in [-0.2, -0.15) is 0 Å². The molecule has 0 bridgehead atoms. The molecule has 0 aromatic heterocycles. The van der Waals surface area contributed by atoms with Crippen LogP contribution in [-0.2, 0) is 27.1 Å². The average molecular weight is 455 g/mol. The summed E-state index contributed by atoms with van der Waals surface area (Å²) < 4.78 is 27.0. The lowest BCUT2D eigenvalue weighted by Gasteiger charge is -2.32. The predicted octanol–water partition coefficient (Wildman–Crippen LogP) is 4.19. The first kappa shape index (κ1) is 22.1. The van der Waals surface area contributed by atoms with Gasteiger partial charge in [-0.15, -0.1) is 0 Å². The second-order valence-corrected chi connectivity index (χ2v) is 10.1. The molecule has 8 heteroatoms. The third-order valence-electron chi connectivity index (χ3n) is 5.17. The Balaban J connectivity index is 1.56.